The Morgan fingerprint density at radius 2 is 2.18 bits per heavy atom. The molecule has 0 aliphatic carbocycles. The van der Waals surface area contributed by atoms with Gasteiger partial charge in [0.1, 0.15) is 10.3 Å². The van der Waals surface area contributed by atoms with Gasteiger partial charge < -0.3 is 14.5 Å². The molecule has 0 spiro atoms. The Bertz CT molecular complexity index is 628. The van der Waals surface area contributed by atoms with Crippen LogP contribution in [-0.2, 0) is 9.53 Å². The fourth-order valence-corrected chi connectivity index (χ4v) is 2.29. The van der Waals surface area contributed by atoms with Crippen LogP contribution >= 0.6 is 11.8 Å². The Kier molecular flexibility index (Phi) is 5.54. The minimum Gasteiger partial charge on any atom is -0.465 e. The number of carbonyl (C=O) groups excluding carboxylic acids is 2. The first-order valence-electron chi connectivity index (χ1n) is 6.62. The van der Waals surface area contributed by atoms with Crippen molar-refractivity contribution in [2.45, 2.75) is 24.1 Å². The smallest absolute Gasteiger partial charge is 0.319 e. The molecule has 1 N–H and O–H groups in total. The number of amides is 1. The minimum atomic E-state index is -0.403. The Labute approximate surface area is 131 Å². The van der Waals surface area contributed by atoms with E-state index in [0.29, 0.717) is 17.5 Å². The molecule has 0 unspecified atom stereocenters. The van der Waals surface area contributed by atoms with Gasteiger partial charge in [0.15, 0.2) is 11.6 Å². The average molecular weight is 321 g/mol. The largest absolute Gasteiger partial charge is 0.465 e. The van der Waals surface area contributed by atoms with E-state index < -0.39 is 5.91 Å². The van der Waals surface area contributed by atoms with Crippen LogP contribution in [0.15, 0.2) is 40.0 Å². The van der Waals surface area contributed by atoms with Crippen molar-refractivity contribution in [1.29, 1.82) is 0 Å². The van der Waals surface area contributed by atoms with Crippen LogP contribution in [0.25, 0.3) is 0 Å². The third kappa shape index (κ3) is 4.32. The highest BCUT2D eigenvalue weighted by Gasteiger charge is 2.16. The van der Waals surface area contributed by atoms with Crippen molar-refractivity contribution in [3.63, 3.8) is 0 Å². The first kappa shape index (κ1) is 16.0. The molecule has 0 saturated carbocycles. The molecule has 116 valence electrons. The van der Waals surface area contributed by atoms with Gasteiger partial charge >= 0.3 is 5.97 Å². The number of ether oxygens (including phenoxy) is 1. The van der Waals surface area contributed by atoms with Crippen molar-refractivity contribution < 1.29 is 18.7 Å². The lowest BCUT2D eigenvalue weighted by Crippen LogP contribution is -2.17. The summed E-state index contributed by atoms with van der Waals surface area (Å²) in [5.74, 6) is -0.213. The molecule has 2 rings (SSSR count). The summed E-state index contributed by atoms with van der Waals surface area (Å²) in [4.78, 5) is 23.3. The maximum atomic E-state index is 11.8. The molecule has 0 aromatic carbocycles. The van der Waals surface area contributed by atoms with Gasteiger partial charge in [-0.05, 0) is 38.1 Å². The second-order valence-corrected chi connectivity index (χ2v) is 5.56. The van der Waals surface area contributed by atoms with Crippen LogP contribution in [0.1, 0.15) is 24.4 Å². The van der Waals surface area contributed by atoms with E-state index in [1.54, 1.807) is 38.1 Å². The van der Waals surface area contributed by atoms with E-state index in [-0.39, 0.29) is 17.0 Å². The number of hydrogen-bond donors (Lipinski definition) is 1. The van der Waals surface area contributed by atoms with Crippen LogP contribution in [0, 0.1) is 0 Å². The molecule has 0 aliphatic rings. The summed E-state index contributed by atoms with van der Waals surface area (Å²) in [7, 11) is 0. The van der Waals surface area contributed by atoms with Crippen molar-refractivity contribution in [1.82, 2.24) is 10.2 Å². The van der Waals surface area contributed by atoms with E-state index in [2.05, 4.69) is 15.5 Å². The maximum absolute atomic E-state index is 11.8. The number of furan rings is 1. The normalized spacial score (nSPS) is 11.7. The molecule has 0 radical (unpaired) electrons. The SMILES string of the molecule is CCOC(=O)[C@@H](C)Sc1ccc(NC(=O)c2ccco2)nn1. The zero-order valence-electron chi connectivity index (χ0n) is 12.1. The molecular formula is C14H15N3O4S. The third-order valence-electron chi connectivity index (χ3n) is 2.54. The number of anilines is 1. The number of aromatic nitrogens is 2. The number of thioether (sulfide) groups is 1. The number of nitrogens with one attached hydrogen (secondary N) is 1. The molecule has 1 amide bonds. The fourth-order valence-electron chi connectivity index (χ4n) is 1.52. The van der Waals surface area contributed by atoms with E-state index in [0.717, 1.165) is 0 Å². The van der Waals surface area contributed by atoms with Crippen LogP contribution in [0.2, 0.25) is 0 Å². The predicted molar refractivity (Wildman–Crippen MR) is 80.6 cm³/mol. The maximum Gasteiger partial charge on any atom is 0.319 e. The Morgan fingerprint density at radius 3 is 2.77 bits per heavy atom. The van der Waals surface area contributed by atoms with Gasteiger partial charge in [0, 0.05) is 0 Å². The average Bonchev–Trinajstić information content (AvgIpc) is 3.04. The zero-order valence-corrected chi connectivity index (χ0v) is 12.9. The number of carbonyl (C=O) groups is 2. The van der Waals surface area contributed by atoms with Gasteiger partial charge in [0.2, 0.25) is 0 Å². The summed E-state index contributed by atoms with van der Waals surface area (Å²) in [6.45, 7) is 3.83. The van der Waals surface area contributed by atoms with Gasteiger partial charge in [-0.15, -0.1) is 10.2 Å². The number of esters is 1. The quantitative estimate of drug-likeness (QED) is 0.644. The molecule has 0 bridgehead atoms. The van der Waals surface area contributed by atoms with Crippen LogP contribution in [0.5, 0.6) is 0 Å². The Hall–Kier alpha value is -2.35. The molecule has 0 aliphatic heterocycles. The molecule has 1 atom stereocenters. The topological polar surface area (TPSA) is 94.3 Å². The van der Waals surface area contributed by atoms with Gasteiger partial charge in [-0.25, -0.2) is 0 Å². The van der Waals surface area contributed by atoms with E-state index in [1.165, 1.54) is 18.0 Å². The summed E-state index contributed by atoms with van der Waals surface area (Å²) in [5.41, 5.74) is 0. The lowest BCUT2D eigenvalue weighted by atomic mass is 10.4. The first-order valence-corrected chi connectivity index (χ1v) is 7.50. The number of rotatable bonds is 6. The van der Waals surface area contributed by atoms with E-state index >= 15 is 0 Å². The number of hydrogen-bond acceptors (Lipinski definition) is 7. The second kappa shape index (κ2) is 7.60. The Balaban J connectivity index is 1.93. The van der Waals surface area contributed by atoms with E-state index in [1.807, 2.05) is 0 Å². The summed E-state index contributed by atoms with van der Waals surface area (Å²) in [6.07, 6.45) is 1.41. The van der Waals surface area contributed by atoms with Crippen molar-refractivity contribution in [2.75, 3.05) is 11.9 Å². The summed E-state index contributed by atoms with van der Waals surface area (Å²) >= 11 is 1.24. The highest BCUT2D eigenvalue weighted by Crippen LogP contribution is 2.22. The second-order valence-electron chi connectivity index (χ2n) is 4.20. The van der Waals surface area contributed by atoms with Gasteiger partial charge in [-0.2, -0.15) is 0 Å². The summed E-state index contributed by atoms with van der Waals surface area (Å²) in [5, 5.41) is 10.6. The highest BCUT2D eigenvalue weighted by molar-refractivity contribution is 8.00. The molecule has 0 fully saturated rings. The standard InChI is InChI=1S/C14H15N3O4S/c1-3-20-14(19)9(2)22-12-7-6-11(16-17-12)15-13(18)10-5-4-8-21-10/h4-9H,3H2,1-2H3,(H,15,16,18)/t9-/m1/s1. The third-order valence-corrected chi connectivity index (χ3v) is 3.55. The zero-order chi connectivity index (χ0) is 15.9. The molecule has 2 aromatic rings. The lowest BCUT2D eigenvalue weighted by Gasteiger charge is -2.09. The fraction of sp³-hybridized carbons (Fsp3) is 0.286. The van der Waals surface area contributed by atoms with E-state index in [4.69, 9.17) is 9.15 Å². The molecule has 8 heteroatoms. The lowest BCUT2D eigenvalue weighted by molar-refractivity contribution is -0.142. The summed E-state index contributed by atoms with van der Waals surface area (Å²) in [6, 6.07) is 6.45. The van der Waals surface area contributed by atoms with Crippen LogP contribution < -0.4 is 5.32 Å². The predicted octanol–water partition coefficient (Wildman–Crippen LogP) is 2.37. The van der Waals surface area contributed by atoms with Crippen molar-refractivity contribution in [2.24, 2.45) is 0 Å². The van der Waals surface area contributed by atoms with Gasteiger partial charge in [0.05, 0.1) is 12.9 Å². The Morgan fingerprint density at radius 1 is 1.36 bits per heavy atom. The molecular weight excluding hydrogens is 306 g/mol. The highest BCUT2D eigenvalue weighted by atomic mass is 32.2. The van der Waals surface area contributed by atoms with Crippen molar-refractivity contribution >= 4 is 29.5 Å². The van der Waals surface area contributed by atoms with E-state index in [9.17, 15) is 9.59 Å². The summed E-state index contributed by atoms with van der Waals surface area (Å²) < 4.78 is 9.90. The van der Waals surface area contributed by atoms with Crippen molar-refractivity contribution in [3.05, 3.63) is 36.3 Å². The van der Waals surface area contributed by atoms with Crippen LogP contribution in [-0.4, -0.2) is 33.9 Å². The molecule has 7 nitrogen and oxygen atoms in total. The van der Waals surface area contributed by atoms with Gasteiger partial charge in [-0.1, -0.05) is 11.8 Å². The minimum absolute atomic E-state index is 0.191. The van der Waals surface area contributed by atoms with Crippen LogP contribution in [0.3, 0.4) is 0 Å². The number of nitrogens with zero attached hydrogens (tertiary/aromatic N) is 2. The molecule has 0 saturated heterocycles. The monoisotopic (exact) mass is 321 g/mol. The molecule has 2 aromatic heterocycles. The van der Waals surface area contributed by atoms with Crippen molar-refractivity contribution in [3.8, 4) is 0 Å². The van der Waals surface area contributed by atoms with Gasteiger partial charge in [-0.3, -0.25) is 9.59 Å². The van der Waals surface area contributed by atoms with Gasteiger partial charge in [0.25, 0.3) is 5.91 Å². The molecule has 22 heavy (non-hydrogen) atoms. The molecule has 2 heterocycles. The van der Waals surface area contributed by atoms with Crippen LogP contribution in [0.4, 0.5) is 5.82 Å². The first-order chi connectivity index (χ1) is 10.6.